The molecule has 3 aromatic rings. The molecule has 0 radical (unpaired) electrons. The van der Waals surface area contributed by atoms with E-state index in [1.165, 1.54) is 24.3 Å². The number of aromatic nitrogens is 3. The number of hydrogen-bond acceptors (Lipinski definition) is 4. The molecule has 2 N–H and O–H groups in total. The van der Waals surface area contributed by atoms with E-state index in [0.717, 1.165) is 18.5 Å². The predicted octanol–water partition coefficient (Wildman–Crippen LogP) is 3.03. The third-order valence-electron chi connectivity index (χ3n) is 4.91. The fourth-order valence-electron chi connectivity index (χ4n) is 3.22. The highest BCUT2D eigenvalue weighted by molar-refractivity contribution is 6.06. The SMILES string of the molecule is CC(C)n1ncc2c(C(=O)NNC(=O)Cc3ccc(F)cc3)cc(C3CC3)nc21. The summed E-state index contributed by atoms with van der Waals surface area (Å²) in [6.07, 6.45) is 3.78. The van der Waals surface area contributed by atoms with Crippen LogP contribution in [0.25, 0.3) is 11.0 Å². The molecule has 1 aliphatic carbocycles. The molecule has 2 amide bonds. The van der Waals surface area contributed by atoms with Gasteiger partial charge in [0.25, 0.3) is 5.91 Å². The lowest BCUT2D eigenvalue weighted by molar-refractivity contribution is -0.121. The van der Waals surface area contributed by atoms with Gasteiger partial charge in [-0.05, 0) is 50.5 Å². The zero-order valence-corrected chi connectivity index (χ0v) is 16.3. The molecule has 0 bridgehead atoms. The molecular formula is C21H22FN5O2. The van der Waals surface area contributed by atoms with E-state index < -0.39 is 11.8 Å². The Morgan fingerprint density at radius 1 is 1.21 bits per heavy atom. The van der Waals surface area contributed by atoms with Crippen LogP contribution < -0.4 is 10.9 Å². The summed E-state index contributed by atoms with van der Waals surface area (Å²) < 4.78 is 14.8. The van der Waals surface area contributed by atoms with Crippen LogP contribution in [0.1, 0.15) is 60.3 Å². The molecule has 0 saturated heterocycles. The molecule has 0 unspecified atom stereocenters. The summed E-state index contributed by atoms with van der Waals surface area (Å²) in [5.74, 6) is -0.808. The van der Waals surface area contributed by atoms with E-state index in [1.54, 1.807) is 16.9 Å². The summed E-state index contributed by atoms with van der Waals surface area (Å²) in [5, 5.41) is 5.02. The molecule has 1 fully saturated rings. The van der Waals surface area contributed by atoms with Crippen molar-refractivity contribution in [2.24, 2.45) is 0 Å². The van der Waals surface area contributed by atoms with Gasteiger partial charge in [0.1, 0.15) is 5.82 Å². The Morgan fingerprint density at radius 2 is 1.93 bits per heavy atom. The molecule has 0 spiro atoms. The van der Waals surface area contributed by atoms with Gasteiger partial charge in [-0.1, -0.05) is 12.1 Å². The maximum Gasteiger partial charge on any atom is 0.270 e. The Labute approximate surface area is 167 Å². The second-order valence-electron chi connectivity index (χ2n) is 7.59. The number of benzene rings is 1. The standard InChI is InChI=1S/C21H22FN5O2/c1-12(2)27-20-17(11-23-27)16(10-18(24-20)14-5-6-14)21(29)26-25-19(28)9-13-3-7-15(22)8-4-13/h3-4,7-8,10-12,14H,5-6,9H2,1-2H3,(H,25,28)(H,26,29). The van der Waals surface area contributed by atoms with E-state index in [2.05, 4.69) is 16.0 Å². The van der Waals surface area contributed by atoms with Crippen LogP contribution in [0.4, 0.5) is 4.39 Å². The highest BCUT2D eigenvalue weighted by Gasteiger charge is 2.28. The molecule has 8 heteroatoms. The number of fused-ring (bicyclic) bond motifs is 1. The third-order valence-corrected chi connectivity index (χ3v) is 4.91. The van der Waals surface area contributed by atoms with Gasteiger partial charge in [-0.2, -0.15) is 5.10 Å². The first-order valence-corrected chi connectivity index (χ1v) is 9.64. The van der Waals surface area contributed by atoms with Crippen molar-refractivity contribution in [1.82, 2.24) is 25.6 Å². The Kier molecular flexibility index (Phi) is 5.00. The quantitative estimate of drug-likeness (QED) is 0.650. The van der Waals surface area contributed by atoms with Crippen molar-refractivity contribution >= 4 is 22.8 Å². The van der Waals surface area contributed by atoms with Gasteiger partial charge in [-0.3, -0.25) is 20.4 Å². The van der Waals surface area contributed by atoms with Crippen molar-refractivity contribution in [2.45, 2.75) is 45.1 Å². The summed E-state index contributed by atoms with van der Waals surface area (Å²) in [5.41, 5.74) is 7.53. The molecule has 1 saturated carbocycles. The number of rotatable bonds is 5. The number of hydrogen-bond donors (Lipinski definition) is 2. The van der Waals surface area contributed by atoms with Crippen molar-refractivity contribution in [1.29, 1.82) is 0 Å². The minimum atomic E-state index is -0.421. The highest BCUT2D eigenvalue weighted by atomic mass is 19.1. The van der Waals surface area contributed by atoms with Gasteiger partial charge in [-0.15, -0.1) is 0 Å². The lowest BCUT2D eigenvalue weighted by atomic mass is 10.1. The zero-order valence-electron chi connectivity index (χ0n) is 16.3. The largest absolute Gasteiger partial charge is 0.273 e. The van der Waals surface area contributed by atoms with Crippen LogP contribution in [0, 0.1) is 5.82 Å². The second kappa shape index (κ2) is 7.62. The average molecular weight is 395 g/mol. The van der Waals surface area contributed by atoms with Crippen LogP contribution in [-0.2, 0) is 11.2 Å². The lowest BCUT2D eigenvalue weighted by Gasteiger charge is -2.11. The first-order chi connectivity index (χ1) is 13.9. The van der Waals surface area contributed by atoms with Crippen LogP contribution in [-0.4, -0.2) is 26.6 Å². The molecule has 0 aliphatic heterocycles. The van der Waals surface area contributed by atoms with Crippen molar-refractivity contribution in [3.63, 3.8) is 0 Å². The average Bonchev–Trinajstić information content (AvgIpc) is 3.46. The van der Waals surface area contributed by atoms with Crippen LogP contribution in [0.15, 0.2) is 36.5 Å². The number of nitrogens with one attached hydrogen (secondary N) is 2. The van der Waals surface area contributed by atoms with Crippen LogP contribution in [0.3, 0.4) is 0 Å². The molecular weight excluding hydrogens is 373 g/mol. The molecule has 0 atom stereocenters. The first-order valence-electron chi connectivity index (χ1n) is 9.64. The number of carbonyl (C=O) groups excluding carboxylic acids is 2. The Bertz CT molecular complexity index is 1070. The Morgan fingerprint density at radius 3 is 2.59 bits per heavy atom. The van der Waals surface area contributed by atoms with Crippen LogP contribution in [0.5, 0.6) is 0 Å². The number of amides is 2. The summed E-state index contributed by atoms with van der Waals surface area (Å²) in [6, 6.07) is 7.55. The second-order valence-corrected chi connectivity index (χ2v) is 7.59. The number of halogens is 1. The van der Waals surface area contributed by atoms with Crippen LogP contribution >= 0.6 is 0 Å². The Hall–Kier alpha value is -3.29. The van der Waals surface area contributed by atoms with Crippen molar-refractivity contribution < 1.29 is 14.0 Å². The smallest absolute Gasteiger partial charge is 0.270 e. The van der Waals surface area contributed by atoms with Crippen molar-refractivity contribution in [3.05, 3.63) is 59.2 Å². The van der Waals surface area contributed by atoms with E-state index in [1.807, 2.05) is 13.8 Å². The third kappa shape index (κ3) is 4.11. The predicted molar refractivity (Wildman–Crippen MR) is 106 cm³/mol. The molecule has 2 heterocycles. The topological polar surface area (TPSA) is 88.9 Å². The molecule has 29 heavy (non-hydrogen) atoms. The molecule has 1 aromatic carbocycles. The van der Waals surface area contributed by atoms with Gasteiger partial charge in [0.2, 0.25) is 5.91 Å². The first kappa shape index (κ1) is 19.0. The number of carbonyl (C=O) groups is 2. The maximum absolute atomic E-state index is 13.0. The fourth-order valence-corrected chi connectivity index (χ4v) is 3.22. The van der Waals surface area contributed by atoms with Gasteiger partial charge in [0, 0.05) is 17.7 Å². The van der Waals surface area contributed by atoms with E-state index in [9.17, 15) is 14.0 Å². The van der Waals surface area contributed by atoms with Gasteiger partial charge in [0.15, 0.2) is 5.65 Å². The number of hydrazine groups is 1. The zero-order chi connectivity index (χ0) is 20.5. The van der Waals surface area contributed by atoms with Gasteiger partial charge in [-0.25, -0.2) is 14.1 Å². The molecule has 4 rings (SSSR count). The minimum absolute atomic E-state index is 0.0327. The summed E-state index contributed by atoms with van der Waals surface area (Å²) >= 11 is 0. The van der Waals surface area contributed by atoms with Crippen LogP contribution in [0.2, 0.25) is 0 Å². The van der Waals surface area contributed by atoms with Gasteiger partial charge in [0.05, 0.1) is 23.6 Å². The molecule has 2 aromatic heterocycles. The van der Waals surface area contributed by atoms with Gasteiger partial charge < -0.3 is 0 Å². The minimum Gasteiger partial charge on any atom is -0.273 e. The summed E-state index contributed by atoms with van der Waals surface area (Å²) in [4.78, 5) is 29.6. The van der Waals surface area contributed by atoms with E-state index in [-0.39, 0.29) is 18.3 Å². The maximum atomic E-state index is 13.0. The van der Waals surface area contributed by atoms with Crippen molar-refractivity contribution in [3.8, 4) is 0 Å². The van der Waals surface area contributed by atoms with E-state index >= 15 is 0 Å². The summed E-state index contributed by atoms with van der Waals surface area (Å²) in [6.45, 7) is 4.01. The van der Waals surface area contributed by atoms with E-state index in [0.29, 0.717) is 28.1 Å². The normalized spacial score (nSPS) is 13.7. The summed E-state index contributed by atoms with van der Waals surface area (Å²) in [7, 11) is 0. The fraction of sp³-hybridized carbons (Fsp3) is 0.333. The number of nitrogens with zero attached hydrogens (tertiary/aromatic N) is 3. The van der Waals surface area contributed by atoms with E-state index in [4.69, 9.17) is 4.98 Å². The number of pyridine rings is 1. The lowest BCUT2D eigenvalue weighted by Crippen LogP contribution is -2.42. The van der Waals surface area contributed by atoms with Gasteiger partial charge >= 0.3 is 0 Å². The molecule has 7 nitrogen and oxygen atoms in total. The molecule has 1 aliphatic rings. The molecule has 150 valence electrons. The monoisotopic (exact) mass is 395 g/mol. The highest BCUT2D eigenvalue weighted by Crippen LogP contribution is 2.40. The Balaban J connectivity index is 1.52. The van der Waals surface area contributed by atoms with Crippen molar-refractivity contribution in [2.75, 3.05) is 0 Å².